The molecule has 0 aromatic heterocycles. The van der Waals surface area contributed by atoms with Gasteiger partial charge in [0.05, 0.1) is 11.6 Å². The van der Waals surface area contributed by atoms with Crippen LogP contribution in [0.1, 0.15) is 6.42 Å². The molecule has 9 heavy (non-hydrogen) atoms. The van der Waals surface area contributed by atoms with Gasteiger partial charge in [-0.1, -0.05) is 0 Å². The largest absolute Gasteiger partial charge is 0.304 e. The van der Waals surface area contributed by atoms with Gasteiger partial charge in [0.25, 0.3) is 0 Å². The molecule has 0 saturated carbocycles. The molecule has 3 nitrogen and oxygen atoms in total. The van der Waals surface area contributed by atoms with E-state index in [0.29, 0.717) is 5.75 Å². The first-order valence-corrected chi connectivity index (χ1v) is 4.44. The maximum absolute atomic E-state index is 10.6. The lowest BCUT2D eigenvalue weighted by atomic mass is 10.5. The van der Waals surface area contributed by atoms with Crippen LogP contribution in [0.15, 0.2) is 0 Å². The Balaban J connectivity index is 0.000000640. The van der Waals surface area contributed by atoms with Gasteiger partial charge in [-0.3, -0.25) is 0 Å². The average Bonchev–Trinajstić information content (AvgIpc) is 1.65. The van der Waals surface area contributed by atoms with Crippen molar-refractivity contribution >= 4 is 22.2 Å². The molecule has 0 aliphatic carbocycles. The molecule has 0 amide bonds. The van der Waals surface area contributed by atoms with Crippen LogP contribution in [0.5, 0.6) is 0 Å². The van der Waals surface area contributed by atoms with Gasteiger partial charge in [0, 0.05) is 0 Å². The van der Waals surface area contributed by atoms with Crippen LogP contribution in [0.2, 0.25) is 0 Å². The molecule has 0 atom stereocenters. The van der Waals surface area contributed by atoms with Gasteiger partial charge in [-0.25, -0.2) is 8.42 Å². The highest BCUT2D eigenvalue weighted by atomic mass is 35.5. The van der Waals surface area contributed by atoms with Crippen molar-refractivity contribution in [3.8, 4) is 0 Å². The summed E-state index contributed by atoms with van der Waals surface area (Å²) in [7, 11) is -2.69. The van der Waals surface area contributed by atoms with E-state index in [1.54, 1.807) is 0 Å². The lowest BCUT2D eigenvalue weighted by Gasteiger charge is -2.10. The molecule has 1 saturated heterocycles. The van der Waals surface area contributed by atoms with Gasteiger partial charge in [0.1, 0.15) is 0 Å². The van der Waals surface area contributed by atoms with Crippen LogP contribution in [-0.2, 0) is 9.84 Å². The molecule has 0 aromatic carbocycles. The quantitative estimate of drug-likeness (QED) is 0.548. The molecule has 0 radical (unpaired) electrons. The van der Waals surface area contributed by atoms with Crippen LogP contribution >= 0.6 is 12.4 Å². The first kappa shape index (κ1) is 9.20. The van der Waals surface area contributed by atoms with Crippen molar-refractivity contribution in [1.29, 1.82) is 0 Å². The molecule has 0 aromatic rings. The van der Waals surface area contributed by atoms with Gasteiger partial charge in [-0.15, -0.1) is 12.4 Å². The number of halogens is 1. The highest BCUT2D eigenvalue weighted by Crippen LogP contribution is 1.95. The van der Waals surface area contributed by atoms with Crippen molar-refractivity contribution in [2.45, 2.75) is 6.42 Å². The summed E-state index contributed by atoms with van der Waals surface area (Å²) in [6.45, 7) is 0.846. The number of sulfone groups is 1. The second-order valence-corrected chi connectivity index (χ2v) is 4.13. The third kappa shape index (κ3) is 3.03. The van der Waals surface area contributed by atoms with E-state index in [0.717, 1.165) is 13.0 Å². The summed E-state index contributed by atoms with van der Waals surface area (Å²) in [6.07, 6.45) is 0.766. The molecule has 5 heteroatoms. The van der Waals surface area contributed by atoms with Crippen molar-refractivity contribution in [2.75, 3.05) is 18.2 Å². The van der Waals surface area contributed by atoms with Crippen molar-refractivity contribution in [3.63, 3.8) is 0 Å². The smallest absolute Gasteiger partial charge is 0.163 e. The fourth-order valence-electron chi connectivity index (χ4n) is 0.717. The number of hydrogen-bond acceptors (Lipinski definition) is 3. The number of rotatable bonds is 0. The average molecular weight is 172 g/mol. The van der Waals surface area contributed by atoms with E-state index >= 15 is 0 Å². The summed E-state index contributed by atoms with van der Waals surface area (Å²) in [4.78, 5) is 0. The molecule has 56 valence electrons. The highest BCUT2D eigenvalue weighted by molar-refractivity contribution is 7.91. The standard InChI is InChI=1S/C4H9NO2S.ClH/c6-8(7)3-1-2-5-4-8;/h5H,1-4H2;1H. The Morgan fingerprint density at radius 1 is 1.33 bits per heavy atom. The Labute approximate surface area is 61.2 Å². The summed E-state index contributed by atoms with van der Waals surface area (Å²) < 4.78 is 21.2. The van der Waals surface area contributed by atoms with Crippen molar-refractivity contribution < 1.29 is 8.42 Å². The van der Waals surface area contributed by atoms with E-state index < -0.39 is 9.84 Å². The SMILES string of the molecule is Cl.O=S1(=O)CCCNC1. The van der Waals surface area contributed by atoms with Gasteiger partial charge in [0.15, 0.2) is 9.84 Å². The molecule has 0 bridgehead atoms. The first-order valence-electron chi connectivity index (χ1n) is 2.62. The zero-order valence-corrected chi connectivity index (χ0v) is 6.59. The van der Waals surface area contributed by atoms with Crippen LogP contribution in [0.25, 0.3) is 0 Å². The maximum atomic E-state index is 10.6. The van der Waals surface area contributed by atoms with Crippen molar-refractivity contribution in [3.05, 3.63) is 0 Å². The second-order valence-electron chi connectivity index (χ2n) is 1.95. The Morgan fingerprint density at radius 2 is 2.00 bits per heavy atom. The van der Waals surface area contributed by atoms with Crippen LogP contribution < -0.4 is 5.32 Å². The second kappa shape index (κ2) is 3.39. The van der Waals surface area contributed by atoms with E-state index in [1.165, 1.54) is 0 Å². The van der Waals surface area contributed by atoms with E-state index in [1.807, 2.05) is 0 Å². The molecular formula is C4H10ClNO2S. The summed E-state index contributed by atoms with van der Waals surface area (Å²) in [5.41, 5.74) is 0. The molecule has 1 aliphatic rings. The molecule has 1 heterocycles. The molecular weight excluding hydrogens is 162 g/mol. The van der Waals surface area contributed by atoms with E-state index in [-0.39, 0.29) is 18.3 Å². The van der Waals surface area contributed by atoms with Crippen molar-refractivity contribution in [2.24, 2.45) is 0 Å². The summed E-state index contributed by atoms with van der Waals surface area (Å²) >= 11 is 0. The summed E-state index contributed by atoms with van der Waals surface area (Å²) in [5.74, 6) is 0.535. The topological polar surface area (TPSA) is 46.2 Å². The van der Waals surface area contributed by atoms with Crippen LogP contribution in [-0.4, -0.2) is 26.6 Å². The van der Waals surface area contributed by atoms with Crippen LogP contribution in [0, 0.1) is 0 Å². The van der Waals surface area contributed by atoms with E-state index in [2.05, 4.69) is 5.32 Å². The lowest BCUT2D eigenvalue weighted by molar-refractivity contribution is 0.569. The van der Waals surface area contributed by atoms with Gasteiger partial charge in [-0.05, 0) is 13.0 Å². The Hall–Kier alpha value is 0.200. The minimum absolute atomic E-state index is 0. The summed E-state index contributed by atoms with van der Waals surface area (Å²) in [5, 5.41) is 2.79. The molecule has 1 N–H and O–H groups in total. The van der Waals surface area contributed by atoms with Gasteiger partial charge >= 0.3 is 0 Å². The van der Waals surface area contributed by atoms with E-state index in [4.69, 9.17) is 0 Å². The number of hydrogen-bond donors (Lipinski definition) is 1. The van der Waals surface area contributed by atoms with Gasteiger partial charge in [-0.2, -0.15) is 0 Å². The third-order valence-corrected chi connectivity index (χ3v) is 2.69. The normalized spacial score (nSPS) is 24.4. The fourth-order valence-corrected chi connectivity index (χ4v) is 1.90. The molecule has 1 rings (SSSR count). The zero-order chi connectivity index (χ0) is 6.04. The van der Waals surface area contributed by atoms with Gasteiger partial charge in [0.2, 0.25) is 0 Å². The Morgan fingerprint density at radius 3 is 2.22 bits per heavy atom. The molecule has 0 unspecified atom stereocenters. The molecule has 1 fully saturated rings. The van der Waals surface area contributed by atoms with Gasteiger partial charge < -0.3 is 5.32 Å². The van der Waals surface area contributed by atoms with Crippen LogP contribution in [0.3, 0.4) is 0 Å². The predicted molar refractivity (Wildman–Crippen MR) is 38.5 cm³/mol. The Kier molecular flexibility index (Phi) is 3.46. The minimum atomic E-state index is -2.69. The monoisotopic (exact) mass is 171 g/mol. The molecule has 0 spiro atoms. The number of nitrogens with one attached hydrogen (secondary N) is 1. The predicted octanol–water partition coefficient (Wildman–Crippen LogP) is -0.226. The highest BCUT2D eigenvalue weighted by Gasteiger charge is 2.13. The van der Waals surface area contributed by atoms with E-state index in [9.17, 15) is 8.42 Å². The van der Waals surface area contributed by atoms with Crippen LogP contribution in [0.4, 0.5) is 0 Å². The molecule has 1 aliphatic heterocycles. The Bertz CT molecular complexity index is 153. The maximum Gasteiger partial charge on any atom is 0.163 e. The lowest BCUT2D eigenvalue weighted by Crippen LogP contribution is -2.32. The first-order chi connectivity index (χ1) is 3.71. The fraction of sp³-hybridized carbons (Fsp3) is 1.00. The zero-order valence-electron chi connectivity index (χ0n) is 4.96. The summed E-state index contributed by atoms with van der Waals surface area (Å²) in [6, 6.07) is 0. The van der Waals surface area contributed by atoms with Crippen molar-refractivity contribution in [1.82, 2.24) is 5.32 Å². The minimum Gasteiger partial charge on any atom is -0.304 e. The third-order valence-electron chi connectivity index (χ3n) is 1.13.